The van der Waals surface area contributed by atoms with Gasteiger partial charge in [-0.25, -0.2) is 4.79 Å². The molecule has 0 aromatic heterocycles. The zero-order chi connectivity index (χ0) is 21.4. The predicted molar refractivity (Wildman–Crippen MR) is 109 cm³/mol. The fraction of sp³-hybridized carbons (Fsp3) is 0.273. The van der Waals surface area contributed by atoms with Crippen LogP contribution < -0.4 is 10.6 Å². The highest BCUT2D eigenvalue weighted by molar-refractivity contribution is 6.02. The van der Waals surface area contributed by atoms with E-state index in [1.165, 1.54) is 0 Å². The Balaban J connectivity index is 1.70. The standard InChI is InChI=1S/C22H24N2O5/c1-14-4-7-17(8-5-14)19(25)10-11-21(27)29-13-20(26)24-22(28)23-18-9-6-15(2)16(3)12-18/h4-9,12H,10-11,13H2,1-3H3,(H2,23,24,26,28). The van der Waals surface area contributed by atoms with Crippen molar-refractivity contribution >= 4 is 29.4 Å². The van der Waals surface area contributed by atoms with Crippen molar-refractivity contribution in [1.29, 1.82) is 0 Å². The minimum absolute atomic E-state index is 0.0171. The van der Waals surface area contributed by atoms with Crippen LogP contribution in [0, 0.1) is 20.8 Å². The second-order valence-electron chi connectivity index (χ2n) is 6.75. The number of hydrogen-bond acceptors (Lipinski definition) is 5. The summed E-state index contributed by atoms with van der Waals surface area (Å²) in [7, 11) is 0. The van der Waals surface area contributed by atoms with Crippen LogP contribution in [-0.4, -0.2) is 30.3 Å². The molecule has 0 saturated carbocycles. The maximum Gasteiger partial charge on any atom is 0.325 e. The Labute approximate surface area is 169 Å². The molecule has 2 aromatic carbocycles. The van der Waals surface area contributed by atoms with Gasteiger partial charge in [0.05, 0.1) is 6.42 Å². The summed E-state index contributed by atoms with van der Waals surface area (Å²) in [5.41, 5.74) is 4.19. The van der Waals surface area contributed by atoms with Gasteiger partial charge < -0.3 is 10.1 Å². The number of carbonyl (C=O) groups excluding carboxylic acids is 4. The molecule has 0 fully saturated rings. The van der Waals surface area contributed by atoms with Crippen LogP contribution in [0.25, 0.3) is 0 Å². The number of Topliss-reactive ketones (excluding diaryl/α,β-unsaturated/α-hetero) is 1. The Kier molecular flexibility index (Phi) is 7.65. The van der Waals surface area contributed by atoms with Crippen LogP contribution >= 0.6 is 0 Å². The van der Waals surface area contributed by atoms with Crippen molar-refractivity contribution in [3.63, 3.8) is 0 Å². The first-order valence-corrected chi connectivity index (χ1v) is 9.18. The fourth-order valence-electron chi connectivity index (χ4n) is 2.46. The molecule has 0 saturated heterocycles. The maximum absolute atomic E-state index is 12.0. The van der Waals surface area contributed by atoms with Gasteiger partial charge in [0.15, 0.2) is 12.4 Å². The van der Waals surface area contributed by atoms with E-state index in [-0.39, 0.29) is 18.6 Å². The van der Waals surface area contributed by atoms with Crippen LogP contribution in [0.4, 0.5) is 10.5 Å². The number of ether oxygens (including phenoxy) is 1. The molecule has 0 unspecified atom stereocenters. The zero-order valence-electron chi connectivity index (χ0n) is 16.7. The lowest BCUT2D eigenvalue weighted by atomic mass is 10.1. The van der Waals surface area contributed by atoms with Crippen molar-refractivity contribution in [1.82, 2.24) is 5.32 Å². The molecule has 0 heterocycles. The van der Waals surface area contributed by atoms with E-state index in [0.717, 1.165) is 16.7 Å². The molecule has 0 aliphatic carbocycles. The number of esters is 1. The number of urea groups is 1. The number of hydrogen-bond donors (Lipinski definition) is 2. The van der Waals surface area contributed by atoms with E-state index in [9.17, 15) is 19.2 Å². The topological polar surface area (TPSA) is 102 Å². The van der Waals surface area contributed by atoms with Gasteiger partial charge in [-0.05, 0) is 44.0 Å². The van der Waals surface area contributed by atoms with E-state index in [1.54, 1.807) is 24.3 Å². The molecule has 0 spiro atoms. The molecule has 0 aliphatic rings. The summed E-state index contributed by atoms with van der Waals surface area (Å²) in [6.07, 6.45) is -0.161. The molecule has 2 aromatic rings. The third-order valence-electron chi connectivity index (χ3n) is 4.31. The van der Waals surface area contributed by atoms with Crippen molar-refractivity contribution in [3.05, 3.63) is 64.7 Å². The quantitative estimate of drug-likeness (QED) is 0.551. The minimum atomic E-state index is -0.760. The largest absolute Gasteiger partial charge is 0.456 e. The first-order chi connectivity index (χ1) is 13.7. The second-order valence-corrected chi connectivity index (χ2v) is 6.75. The average Bonchev–Trinajstić information content (AvgIpc) is 2.67. The molecule has 7 heteroatoms. The van der Waals surface area contributed by atoms with Crippen LogP contribution in [-0.2, 0) is 14.3 Å². The number of amides is 3. The number of rotatable bonds is 7. The van der Waals surface area contributed by atoms with E-state index < -0.39 is 24.5 Å². The Hall–Kier alpha value is -3.48. The van der Waals surface area contributed by atoms with Gasteiger partial charge in [-0.3, -0.25) is 19.7 Å². The number of nitrogens with one attached hydrogen (secondary N) is 2. The predicted octanol–water partition coefficient (Wildman–Crippen LogP) is 3.47. The lowest BCUT2D eigenvalue weighted by Gasteiger charge is -2.09. The van der Waals surface area contributed by atoms with Gasteiger partial charge in [-0.2, -0.15) is 0 Å². The Morgan fingerprint density at radius 1 is 0.862 bits per heavy atom. The lowest BCUT2D eigenvalue weighted by molar-refractivity contribution is -0.148. The van der Waals surface area contributed by atoms with Gasteiger partial charge in [-0.1, -0.05) is 35.9 Å². The van der Waals surface area contributed by atoms with Gasteiger partial charge in [-0.15, -0.1) is 0 Å². The third-order valence-corrected chi connectivity index (χ3v) is 4.31. The molecule has 0 aliphatic heterocycles. The number of benzene rings is 2. The highest BCUT2D eigenvalue weighted by Crippen LogP contribution is 2.13. The third kappa shape index (κ3) is 7.21. The number of anilines is 1. The summed E-state index contributed by atoms with van der Waals surface area (Å²) in [6.45, 7) is 5.18. The van der Waals surface area contributed by atoms with E-state index in [4.69, 9.17) is 4.74 Å². The first kappa shape index (κ1) is 21.8. The number of aryl methyl sites for hydroxylation is 3. The van der Waals surface area contributed by atoms with Crippen LogP contribution in [0.15, 0.2) is 42.5 Å². The normalized spacial score (nSPS) is 10.2. The summed E-state index contributed by atoms with van der Waals surface area (Å²) < 4.78 is 4.81. The molecule has 2 N–H and O–H groups in total. The van der Waals surface area contributed by atoms with Crippen molar-refractivity contribution in [3.8, 4) is 0 Å². The van der Waals surface area contributed by atoms with Crippen molar-refractivity contribution in [2.24, 2.45) is 0 Å². The Morgan fingerprint density at radius 3 is 2.21 bits per heavy atom. The van der Waals surface area contributed by atoms with Crippen molar-refractivity contribution < 1.29 is 23.9 Å². The highest BCUT2D eigenvalue weighted by atomic mass is 16.5. The number of imide groups is 1. The fourth-order valence-corrected chi connectivity index (χ4v) is 2.46. The van der Waals surface area contributed by atoms with Crippen LogP contribution in [0.3, 0.4) is 0 Å². The van der Waals surface area contributed by atoms with Crippen LogP contribution in [0.1, 0.15) is 39.9 Å². The molecule has 7 nitrogen and oxygen atoms in total. The van der Waals surface area contributed by atoms with Gasteiger partial charge in [0.2, 0.25) is 0 Å². The smallest absolute Gasteiger partial charge is 0.325 e. The van der Waals surface area contributed by atoms with Crippen LogP contribution in [0.5, 0.6) is 0 Å². The summed E-state index contributed by atoms with van der Waals surface area (Å²) in [4.78, 5) is 47.3. The molecular formula is C22H24N2O5. The average molecular weight is 396 g/mol. The maximum atomic E-state index is 12.0. The first-order valence-electron chi connectivity index (χ1n) is 9.18. The monoisotopic (exact) mass is 396 g/mol. The van der Waals surface area contributed by atoms with E-state index >= 15 is 0 Å². The number of ketones is 1. The van der Waals surface area contributed by atoms with E-state index in [2.05, 4.69) is 10.6 Å². The minimum Gasteiger partial charge on any atom is -0.456 e. The molecule has 0 bridgehead atoms. The summed E-state index contributed by atoms with van der Waals surface area (Å²) in [5, 5.41) is 4.62. The molecule has 0 radical (unpaired) electrons. The molecule has 3 amide bonds. The van der Waals surface area contributed by atoms with E-state index in [0.29, 0.717) is 11.3 Å². The van der Waals surface area contributed by atoms with Crippen LogP contribution in [0.2, 0.25) is 0 Å². The summed E-state index contributed by atoms with van der Waals surface area (Å²) in [6, 6.07) is 11.7. The van der Waals surface area contributed by atoms with Gasteiger partial charge >= 0.3 is 12.0 Å². The molecule has 0 atom stereocenters. The lowest BCUT2D eigenvalue weighted by Crippen LogP contribution is -2.37. The molecule has 152 valence electrons. The highest BCUT2D eigenvalue weighted by Gasteiger charge is 2.13. The van der Waals surface area contributed by atoms with Gasteiger partial charge in [0.25, 0.3) is 5.91 Å². The van der Waals surface area contributed by atoms with Gasteiger partial charge in [0.1, 0.15) is 0 Å². The zero-order valence-corrected chi connectivity index (χ0v) is 16.7. The summed E-state index contributed by atoms with van der Waals surface area (Å²) >= 11 is 0. The molecule has 29 heavy (non-hydrogen) atoms. The summed E-state index contributed by atoms with van der Waals surface area (Å²) in [5.74, 6) is -1.63. The van der Waals surface area contributed by atoms with Crippen molar-refractivity contribution in [2.75, 3.05) is 11.9 Å². The number of carbonyl (C=O) groups is 4. The Bertz CT molecular complexity index is 919. The second kappa shape index (κ2) is 10.2. The Morgan fingerprint density at radius 2 is 1.55 bits per heavy atom. The van der Waals surface area contributed by atoms with Crippen molar-refractivity contribution in [2.45, 2.75) is 33.6 Å². The molecule has 2 rings (SSSR count). The SMILES string of the molecule is Cc1ccc(C(=O)CCC(=O)OCC(=O)NC(=O)Nc2ccc(C)c(C)c2)cc1. The van der Waals surface area contributed by atoms with E-state index in [1.807, 2.05) is 39.0 Å². The van der Waals surface area contributed by atoms with Gasteiger partial charge in [0, 0.05) is 17.7 Å². The molecular weight excluding hydrogens is 372 g/mol.